The fraction of sp³-hybridized carbons (Fsp3) is 0.310. The van der Waals surface area contributed by atoms with Gasteiger partial charge in [-0.25, -0.2) is 12.7 Å². The molecule has 9 heteroatoms. The number of hydrogen-bond donors (Lipinski definition) is 1. The van der Waals surface area contributed by atoms with Crippen LogP contribution in [0, 0.1) is 0 Å². The molecule has 1 aliphatic heterocycles. The zero-order valence-corrected chi connectivity index (χ0v) is 23.2. The van der Waals surface area contributed by atoms with Crippen molar-refractivity contribution in [1.82, 2.24) is 5.32 Å². The van der Waals surface area contributed by atoms with E-state index in [0.717, 1.165) is 4.31 Å². The topological polar surface area (TPSA) is 102 Å². The highest BCUT2D eigenvalue weighted by atomic mass is 32.2. The predicted octanol–water partition coefficient (Wildman–Crippen LogP) is 4.66. The van der Waals surface area contributed by atoms with Crippen molar-refractivity contribution in [2.75, 3.05) is 18.0 Å². The molecule has 1 N–H and O–H groups in total. The van der Waals surface area contributed by atoms with Gasteiger partial charge in [0, 0.05) is 16.7 Å². The highest BCUT2D eigenvalue weighted by Crippen LogP contribution is 2.49. The largest absolute Gasteiger partial charge is 0.497 e. The molecule has 200 valence electrons. The van der Waals surface area contributed by atoms with Gasteiger partial charge >= 0.3 is 0 Å². The molecule has 0 saturated heterocycles. The van der Waals surface area contributed by atoms with E-state index in [9.17, 15) is 18.0 Å². The molecule has 3 aromatic carbocycles. The third kappa shape index (κ3) is 4.74. The third-order valence-electron chi connectivity index (χ3n) is 6.44. The summed E-state index contributed by atoms with van der Waals surface area (Å²) in [6.45, 7) is 9.54. The number of anilines is 1. The minimum absolute atomic E-state index is 0.104. The number of sulfonamides is 1. The van der Waals surface area contributed by atoms with Crippen LogP contribution in [0.4, 0.5) is 5.69 Å². The second-order valence-corrected chi connectivity index (χ2v) is 12.1. The molecule has 0 aromatic heterocycles. The number of benzene rings is 3. The van der Waals surface area contributed by atoms with Gasteiger partial charge in [-0.15, -0.1) is 0 Å². The molecule has 0 aliphatic carbocycles. The van der Waals surface area contributed by atoms with Gasteiger partial charge in [-0.05, 0) is 94.8 Å². The van der Waals surface area contributed by atoms with E-state index in [4.69, 9.17) is 9.47 Å². The fourth-order valence-electron chi connectivity index (χ4n) is 4.53. The van der Waals surface area contributed by atoms with Crippen molar-refractivity contribution < 1.29 is 27.5 Å². The predicted molar refractivity (Wildman–Crippen MR) is 145 cm³/mol. The maximum absolute atomic E-state index is 14.1. The van der Waals surface area contributed by atoms with E-state index in [-0.39, 0.29) is 16.5 Å². The molecule has 1 unspecified atom stereocenters. The Bertz CT molecular complexity index is 1490. The molecule has 3 aromatic rings. The van der Waals surface area contributed by atoms with E-state index in [1.165, 1.54) is 31.4 Å². The molecule has 1 aliphatic rings. The molecule has 0 saturated carbocycles. The van der Waals surface area contributed by atoms with E-state index in [0.29, 0.717) is 34.8 Å². The second kappa shape index (κ2) is 9.79. The molecule has 8 nitrogen and oxygen atoms in total. The van der Waals surface area contributed by atoms with E-state index >= 15 is 0 Å². The number of nitrogens with zero attached hydrogens (tertiary/aromatic N) is 1. The molecule has 0 fully saturated rings. The summed E-state index contributed by atoms with van der Waals surface area (Å²) in [5.74, 6) is 0.133. The van der Waals surface area contributed by atoms with Crippen LogP contribution >= 0.6 is 0 Å². The lowest BCUT2D eigenvalue weighted by Crippen LogP contribution is -2.42. The Labute approximate surface area is 223 Å². The van der Waals surface area contributed by atoms with Crippen molar-refractivity contribution in [2.45, 2.75) is 50.5 Å². The van der Waals surface area contributed by atoms with Crippen LogP contribution in [0.5, 0.6) is 11.5 Å². The first-order valence-corrected chi connectivity index (χ1v) is 13.7. The zero-order valence-electron chi connectivity index (χ0n) is 22.4. The van der Waals surface area contributed by atoms with Crippen molar-refractivity contribution in [3.63, 3.8) is 0 Å². The van der Waals surface area contributed by atoms with Crippen molar-refractivity contribution in [1.29, 1.82) is 0 Å². The maximum Gasteiger partial charge on any atom is 0.270 e. The number of ether oxygens (including phenoxy) is 2. The van der Waals surface area contributed by atoms with Gasteiger partial charge in [0.05, 0.1) is 24.3 Å². The Hall–Kier alpha value is -3.85. The molecule has 0 radical (unpaired) electrons. The van der Waals surface area contributed by atoms with E-state index in [2.05, 4.69) is 5.32 Å². The van der Waals surface area contributed by atoms with Crippen LogP contribution < -0.4 is 19.1 Å². The minimum atomic E-state index is -4.32. The Kier molecular flexibility index (Phi) is 7.01. The molecule has 4 rings (SSSR count). The molecule has 1 atom stereocenters. The van der Waals surface area contributed by atoms with E-state index in [1.807, 2.05) is 27.7 Å². The fourth-order valence-corrected chi connectivity index (χ4v) is 6.03. The van der Waals surface area contributed by atoms with Gasteiger partial charge in [0.2, 0.25) is 0 Å². The highest BCUT2D eigenvalue weighted by molar-refractivity contribution is 7.93. The SMILES string of the molecule is CCOc1ccc2c(c1)C(C)(c1cccc(OC)c1)C(=O)N2S(=O)(=O)c1ccc(C(=O)NC(C)(C)C)cc1. The van der Waals surface area contributed by atoms with Gasteiger partial charge in [-0.3, -0.25) is 9.59 Å². The summed E-state index contributed by atoms with van der Waals surface area (Å²) in [4.78, 5) is 26.5. The second-order valence-electron chi connectivity index (χ2n) is 10.3. The van der Waals surface area contributed by atoms with Gasteiger partial charge in [0.25, 0.3) is 21.8 Å². The number of fused-ring (bicyclic) bond motifs is 1. The maximum atomic E-state index is 14.1. The number of carbonyl (C=O) groups is 2. The molecule has 38 heavy (non-hydrogen) atoms. The molecule has 1 heterocycles. The van der Waals surface area contributed by atoms with Gasteiger partial charge < -0.3 is 14.8 Å². The van der Waals surface area contributed by atoms with Crippen LogP contribution in [0.2, 0.25) is 0 Å². The number of amides is 2. The quantitative estimate of drug-likeness (QED) is 0.471. The monoisotopic (exact) mass is 536 g/mol. The number of carbonyl (C=O) groups excluding carboxylic acids is 2. The Morgan fingerprint density at radius 3 is 2.29 bits per heavy atom. The summed E-state index contributed by atoms with van der Waals surface area (Å²) < 4.78 is 39.7. The lowest BCUT2D eigenvalue weighted by molar-refractivity contribution is -0.120. The van der Waals surface area contributed by atoms with E-state index in [1.54, 1.807) is 49.4 Å². The van der Waals surface area contributed by atoms with Crippen LogP contribution in [-0.2, 0) is 20.2 Å². The molecular formula is C29H32N2O6S. The van der Waals surface area contributed by atoms with Crippen LogP contribution in [0.1, 0.15) is 56.1 Å². The first kappa shape index (κ1) is 27.2. The Balaban J connectivity index is 1.82. The van der Waals surface area contributed by atoms with Crippen LogP contribution in [-0.4, -0.2) is 39.5 Å². The van der Waals surface area contributed by atoms with Crippen molar-refractivity contribution in [2.24, 2.45) is 0 Å². The van der Waals surface area contributed by atoms with Crippen molar-refractivity contribution >= 4 is 27.5 Å². The summed E-state index contributed by atoms with van der Waals surface area (Å²) >= 11 is 0. The molecule has 2 amide bonds. The lowest BCUT2D eigenvalue weighted by atomic mass is 9.77. The Morgan fingerprint density at radius 1 is 1.00 bits per heavy atom. The van der Waals surface area contributed by atoms with E-state index < -0.39 is 26.9 Å². The smallest absolute Gasteiger partial charge is 0.270 e. The molecule has 0 bridgehead atoms. The average molecular weight is 537 g/mol. The number of nitrogens with one attached hydrogen (secondary N) is 1. The normalized spacial score (nSPS) is 17.2. The Morgan fingerprint density at radius 2 is 1.68 bits per heavy atom. The van der Waals surface area contributed by atoms with Gasteiger partial charge in [-0.1, -0.05) is 12.1 Å². The molecular weight excluding hydrogens is 504 g/mol. The third-order valence-corrected chi connectivity index (χ3v) is 8.15. The summed E-state index contributed by atoms with van der Waals surface area (Å²) in [5.41, 5.74) is -0.113. The van der Waals surface area contributed by atoms with Gasteiger partial charge in [0.1, 0.15) is 16.9 Å². The lowest BCUT2D eigenvalue weighted by Gasteiger charge is -2.25. The number of hydrogen-bond acceptors (Lipinski definition) is 6. The van der Waals surface area contributed by atoms with Gasteiger partial charge in [-0.2, -0.15) is 0 Å². The van der Waals surface area contributed by atoms with Gasteiger partial charge in [0.15, 0.2) is 0 Å². The van der Waals surface area contributed by atoms with Crippen LogP contribution in [0.15, 0.2) is 71.6 Å². The number of methoxy groups -OCH3 is 1. The first-order valence-electron chi connectivity index (χ1n) is 12.3. The van der Waals surface area contributed by atoms with Crippen molar-refractivity contribution in [3.8, 4) is 11.5 Å². The first-order chi connectivity index (χ1) is 17.8. The van der Waals surface area contributed by atoms with Crippen LogP contribution in [0.25, 0.3) is 0 Å². The summed E-state index contributed by atoms with van der Waals surface area (Å²) in [7, 11) is -2.79. The standard InChI is InChI=1S/C29H32N2O6S/c1-7-37-22-13-16-25-24(18-22)29(5,20-9-8-10-21(17-20)36-6)27(33)31(25)38(34,35)23-14-11-19(12-15-23)26(32)30-28(2,3)4/h8-18H,7H2,1-6H3,(H,30,32). The zero-order chi connectivity index (χ0) is 27.9. The highest BCUT2D eigenvalue weighted by Gasteiger charge is 2.53. The average Bonchev–Trinajstić information content (AvgIpc) is 3.11. The summed E-state index contributed by atoms with van der Waals surface area (Å²) in [5, 5.41) is 2.85. The van der Waals surface area contributed by atoms with Crippen LogP contribution in [0.3, 0.4) is 0 Å². The summed E-state index contributed by atoms with van der Waals surface area (Å²) in [6.07, 6.45) is 0. The minimum Gasteiger partial charge on any atom is -0.497 e. The van der Waals surface area contributed by atoms with Crippen molar-refractivity contribution in [3.05, 3.63) is 83.4 Å². The number of rotatable bonds is 7. The molecule has 0 spiro atoms. The summed E-state index contributed by atoms with van der Waals surface area (Å²) in [6, 6.07) is 17.5.